The van der Waals surface area contributed by atoms with E-state index < -0.39 is 16.2 Å². The van der Waals surface area contributed by atoms with Crippen molar-refractivity contribution in [3.63, 3.8) is 0 Å². The Morgan fingerprint density at radius 3 is 2.58 bits per heavy atom. The van der Waals surface area contributed by atoms with E-state index in [0.29, 0.717) is 12.3 Å². The third-order valence-electron chi connectivity index (χ3n) is 6.63. The average Bonchev–Trinajstić information content (AvgIpc) is 2.80. The summed E-state index contributed by atoms with van der Waals surface area (Å²) in [6, 6.07) is 4.00. The van der Waals surface area contributed by atoms with E-state index in [0.717, 1.165) is 31.2 Å². The van der Waals surface area contributed by atoms with Crippen LogP contribution >= 0.6 is 0 Å². The van der Waals surface area contributed by atoms with Gasteiger partial charge in [-0.1, -0.05) is 19.1 Å². The van der Waals surface area contributed by atoms with Crippen molar-refractivity contribution in [2.24, 2.45) is 5.41 Å². The zero-order valence-electron chi connectivity index (χ0n) is 16.2. The summed E-state index contributed by atoms with van der Waals surface area (Å²) < 4.78 is 35.4. The van der Waals surface area contributed by atoms with Gasteiger partial charge >= 0.3 is 40.0 Å². The normalized spacial score (nSPS) is 35.8. The summed E-state index contributed by atoms with van der Waals surface area (Å²) in [5.41, 5.74) is 4.57. The topological polar surface area (TPSA) is 104 Å². The summed E-state index contributed by atoms with van der Waals surface area (Å²) in [6.07, 6.45) is 4.07. The molecule has 26 heavy (non-hydrogen) atoms. The maximum absolute atomic E-state index is 11.0. The molecule has 3 aliphatic carbocycles. The van der Waals surface area contributed by atoms with Crippen molar-refractivity contribution in [3.8, 4) is 0 Å². The predicted molar refractivity (Wildman–Crippen MR) is 91.6 cm³/mol. The molecule has 1 aromatic rings. The second-order valence-electron chi connectivity index (χ2n) is 8.06. The minimum Gasteiger partial charge on any atom is -1.00 e. The molecule has 3 aliphatic rings. The molecule has 0 spiro atoms. The molecule has 0 radical (unpaired) electrons. The molecule has 1 unspecified atom stereocenters. The number of hydrogen-bond acceptors (Lipinski definition) is 5. The summed E-state index contributed by atoms with van der Waals surface area (Å²) in [7, 11) is -4.71. The number of rotatable bonds is 2. The Balaban J connectivity index is 0.00000131. The predicted octanol–water partition coefficient (Wildman–Crippen LogP) is -1.01. The van der Waals surface area contributed by atoms with Gasteiger partial charge in [0, 0.05) is 18.3 Å². The third kappa shape index (κ3) is 3.42. The Bertz CT molecular complexity index is 831. The van der Waals surface area contributed by atoms with Crippen LogP contribution in [-0.4, -0.2) is 35.1 Å². The maximum Gasteiger partial charge on any atom is 1.00 e. The van der Waals surface area contributed by atoms with Crippen LogP contribution in [0.15, 0.2) is 12.1 Å². The molecule has 6 nitrogen and oxygen atoms in total. The zero-order chi connectivity index (χ0) is 18.0. The van der Waals surface area contributed by atoms with Crippen LogP contribution in [0, 0.1) is 5.41 Å². The van der Waals surface area contributed by atoms with Gasteiger partial charge in [-0.2, -0.15) is 8.42 Å². The smallest absolute Gasteiger partial charge is 1.00 e. The molecule has 1 aromatic carbocycles. The number of aliphatic hydroxyl groups excluding tert-OH is 1. The molecule has 4 rings (SSSR count). The first kappa shape index (κ1) is 20.7. The first-order valence-electron chi connectivity index (χ1n) is 8.83. The number of hydrogen-bond donors (Lipinski definition) is 3. The molecular weight excluding hydrogens is 367 g/mol. The van der Waals surface area contributed by atoms with Crippen molar-refractivity contribution >= 4 is 10.4 Å². The van der Waals surface area contributed by atoms with Gasteiger partial charge in [0.25, 0.3) is 0 Å². The summed E-state index contributed by atoms with van der Waals surface area (Å²) in [5.74, 6) is -1.53. The minimum atomic E-state index is -4.71. The molecule has 8 heteroatoms. The molecule has 0 amide bonds. The van der Waals surface area contributed by atoms with E-state index in [9.17, 15) is 18.6 Å². The van der Waals surface area contributed by atoms with Gasteiger partial charge in [0.15, 0.2) is 5.79 Å². The Hall–Kier alpha value is 0.01000. The van der Waals surface area contributed by atoms with Crippen molar-refractivity contribution in [2.45, 2.75) is 69.7 Å². The standard InChI is InChI=1S/C18H24O6S.Na.H/c1-17-8-6-13-12-7-9-18(20,24-25(21,22)23)10-11(12)2-3-14(13)15(17)4-5-16(17)19;;/h2-3,15-16,19-20H,4-10H2,1H3,(H,21,22,23);;/q;+1;-1/t15?,16-,17-,18-;;/m0../s1. The van der Waals surface area contributed by atoms with Crippen molar-refractivity contribution in [2.75, 3.05) is 0 Å². The molecule has 3 N–H and O–H groups in total. The summed E-state index contributed by atoms with van der Waals surface area (Å²) in [5, 5.41) is 20.8. The molecule has 0 saturated heterocycles. The maximum atomic E-state index is 11.0. The molecule has 140 valence electrons. The number of aliphatic hydroxyl groups is 2. The molecular formula is C18H25NaO6S. The van der Waals surface area contributed by atoms with Crippen LogP contribution < -0.4 is 29.6 Å². The molecule has 1 fully saturated rings. The van der Waals surface area contributed by atoms with Gasteiger partial charge in [-0.25, -0.2) is 4.18 Å². The van der Waals surface area contributed by atoms with E-state index in [1.165, 1.54) is 16.7 Å². The number of benzene rings is 1. The van der Waals surface area contributed by atoms with Crippen LogP contribution in [0.4, 0.5) is 0 Å². The van der Waals surface area contributed by atoms with Crippen molar-refractivity contribution in [1.29, 1.82) is 0 Å². The third-order valence-corrected chi connectivity index (χ3v) is 7.15. The second kappa shape index (κ2) is 6.81. The van der Waals surface area contributed by atoms with Crippen molar-refractivity contribution in [3.05, 3.63) is 34.4 Å². The molecule has 4 atom stereocenters. The number of fused-ring (bicyclic) bond motifs is 5. The largest absolute Gasteiger partial charge is 1.00 e. The van der Waals surface area contributed by atoms with Gasteiger partial charge < -0.3 is 11.6 Å². The van der Waals surface area contributed by atoms with Crippen LogP contribution in [0.25, 0.3) is 0 Å². The van der Waals surface area contributed by atoms with Crippen molar-refractivity contribution in [1.82, 2.24) is 0 Å². The minimum absolute atomic E-state index is 0. The first-order chi connectivity index (χ1) is 11.6. The van der Waals surface area contributed by atoms with Crippen LogP contribution in [-0.2, 0) is 33.8 Å². The first-order valence-corrected chi connectivity index (χ1v) is 10.2. The van der Waals surface area contributed by atoms with E-state index in [2.05, 4.69) is 17.2 Å². The van der Waals surface area contributed by atoms with Gasteiger partial charge in [-0.05, 0) is 60.3 Å². The van der Waals surface area contributed by atoms with Crippen LogP contribution in [0.2, 0.25) is 0 Å². The monoisotopic (exact) mass is 392 g/mol. The van der Waals surface area contributed by atoms with Crippen LogP contribution in [0.1, 0.15) is 62.2 Å². The van der Waals surface area contributed by atoms with Gasteiger partial charge in [-0.3, -0.25) is 4.55 Å². The fourth-order valence-corrected chi connectivity index (χ4v) is 5.83. The Labute approximate surface area is 177 Å². The Kier molecular flexibility index (Phi) is 5.43. The summed E-state index contributed by atoms with van der Waals surface area (Å²) in [4.78, 5) is 0. The van der Waals surface area contributed by atoms with E-state index in [1.54, 1.807) is 0 Å². The zero-order valence-corrected chi connectivity index (χ0v) is 18.1. The van der Waals surface area contributed by atoms with Crippen LogP contribution in [0.5, 0.6) is 0 Å². The van der Waals surface area contributed by atoms with Gasteiger partial charge in [0.05, 0.1) is 6.10 Å². The SMILES string of the molecule is C[C@]12CCc3c(ccc4c3CC[C@](O)(OS(=O)(=O)O)C4)C1CC[C@@H]2O.[H-].[Na+]. The molecule has 0 aliphatic heterocycles. The van der Waals surface area contributed by atoms with E-state index >= 15 is 0 Å². The second-order valence-corrected chi connectivity index (χ2v) is 9.08. The Morgan fingerprint density at radius 2 is 1.88 bits per heavy atom. The van der Waals surface area contributed by atoms with Gasteiger partial charge in [0.1, 0.15) is 0 Å². The quantitative estimate of drug-likeness (QED) is 0.339. The van der Waals surface area contributed by atoms with E-state index in [1.807, 2.05) is 6.07 Å². The summed E-state index contributed by atoms with van der Waals surface area (Å²) >= 11 is 0. The van der Waals surface area contributed by atoms with Crippen LogP contribution in [0.3, 0.4) is 0 Å². The Morgan fingerprint density at radius 1 is 1.19 bits per heavy atom. The molecule has 1 saturated carbocycles. The molecule has 0 bridgehead atoms. The summed E-state index contributed by atoms with van der Waals surface area (Å²) in [6.45, 7) is 2.18. The van der Waals surface area contributed by atoms with E-state index in [-0.39, 0.29) is 55.3 Å². The fourth-order valence-electron chi connectivity index (χ4n) is 5.29. The van der Waals surface area contributed by atoms with Gasteiger partial charge in [-0.15, -0.1) is 0 Å². The van der Waals surface area contributed by atoms with Crippen molar-refractivity contribution < 1.29 is 58.4 Å². The van der Waals surface area contributed by atoms with Gasteiger partial charge in [0.2, 0.25) is 0 Å². The molecule has 0 heterocycles. The molecule has 0 aromatic heterocycles. The average molecular weight is 392 g/mol. The van der Waals surface area contributed by atoms with E-state index in [4.69, 9.17) is 4.55 Å². The fraction of sp³-hybridized carbons (Fsp3) is 0.667.